The summed E-state index contributed by atoms with van der Waals surface area (Å²) in [6, 6.07) is 20.2. The summed E-state index contributed by atoms with van der Waals surface area (Å²) in [6.07, 6.45) is 1.45. The molecule has 0 aliphatic heterocycles. The van der Waals surface area contributed by atoms with Gasteiger partial charge in [0.25, 0.3) is 0 Å². The van der Waals surface area contributed by atoms with E-state index in [0.29, 0.717) is 0 Å². The topological polar surface area (TPSA) is 76.2 Å². The molecule has 1 aliphatic carbocycles. The largest absolute Gasteiger partial charge is 0.481 e. The van der Waals surface area contributed by atoms with Crippen molar-refractivity contribution in [3.05, 3.63) is 71.9 Å². The molecule has 0 unspecified atom stereocenters. The van der Waals surface area contributed by atoms with Crippen LogP contribution in [0.1, 0.15) is 24.1 Å². The number of benzene rings is 2. The minimum absolute atomic E-state index is 0.659. The van der Waals surface area contributed by atoms with Gasteiger partial charge in [0.2, 0.25) is 0 Å². The van der Waals surface area contributed by atoms with Crippen LogP contribution >= 0.6 is 11.3 Å². The molecular formula is C24H20N2O2S. The average molecular weight is 401 g/mol. The highest BCUT2D eigenvalue weighted by atomic mass is 32.1. The van der Waals surface area contributed by atoms with Gasteiger partial charge in [-0.1, -0.05) is 48.5 Å². The molecule has 5 heteroatoms. The Morgan fingerprint density at radius 3 is 2.14 bits per heavy atom. The third-order valence-corrected chi connectivity index (χ3v) is 6.97. The number of aliphatic carboxylic acids is 1. The minimum Gasteiger partial charge on any atom is -0.481 e. The van der Waals surface area contributed by atoms with E-state index in [9.17, 15) is 9.90 Å². The molecule has 2 heterocycles. The van der Waals surface area contributed by atoms with E-state index in [1.165, 1.54) is 0 Å². The average Bonchev–Trinajstić information content (AvgIpc) is 3.48. The van der Waals surface area contributed by atoms with Crippen LogP contribution in [0.25, 0.3) is 31.8 Å². The Bertz CT molecular complexity index is 1240. The minimum atomic E-state index is -0.722. The first kappa shape index (κ1) is 17.9. The quantitative estimate of drug-likeness (QED) is 0.465. The van der Waals surface area contributed by atoms with Gasteiger partial charge >= 0.3 is 5.97 Å². The van der Waals surface area contributed by atoms with Crippen LogP contribution in [0.2, 0.25) is 0 Å². The molecule has 3 N–H and O–H groups in total. The van der Waals surface area contributed by atoms with Crippen molar-refractivity contribution in [2.24, 2.45) is 0 Å². The zero-order valence-corrected chi connectivity index (χ0v) is 16.8. The normalized spacial score (nSPS) is 14.8. The van der Waals surface area contributed by atoms with Gasteiger partial charge in [-0.15, -0.1) is 11.3 Å². The molecule has 0 radical (unpaired) electrons. The maximum atomic E-state index is 11.5. The molecule has 4 nitrogen and oxygen atoms in total. The predicted octanol–water partition coefficient (Wildman–Crippen LogP) is 5.64. The lowest BCUT2D eigenvalue weighted by Crippen LogP contribution is -2.19. The lowest BCUT2D eigenvalue weighted by Gasteiger charge is -2.11. The van der Waals surface area contributed by atoms with Crippen molar-refractivity contribution >= 4 is 33.2 Å². The number of rotatable bonds is 4. The first-order valence-electron chi connectivity index (χ1n) is 9.58. The van der Waals surface area contributed by atoms with E-state index in [1.54, 1.807) is 11.3 Å². The summed E-state index contributed by atoms with van der Waals surface area (Å²) in [5, 5.41) is 10.5. The van der Waals surface area contributed by atoms with Crippen LogP contribution in [0, 0.1) is 6.92 Å². The van der Waals surface area contributed by atoms with Crippen molar-refractivity contribution < 1.29 is 9.90 Å². The molecule has 4 aromatic rings. The van der Waals surface area contributed by atoms with Crippen LogP contribution in [-0.2, 0) is 10.2 Å². The van der Waals surface area contributed by atoms with Gasteiger partial charge in [-0.2, -0.15) is 0 Å². The Balaban J connectivity index is 1.45. The van der Waals surface area contributed by atoms with Crippen LogP contribution in [-0.4, -0.2) is 16.1 Å². The van der Waals surface area contributed by atoms with Gasteiger partial charge in [-0.05, 0) is 54.2 Å². The molecule has 1 fully saturated rings. The van der Waals surface area contributed by atoms with Crippen LogP contribution in [0.4, 0.5) is 5.69 Å². The van der Waals surface area contributed by atoms with Gasteiger partial charge in [0.15, 0.2) is 0 Å². The molecule has 0 saturated heterocycles. The summed E-state index contributed by atoms with van der Waals surface area (Å²) < 4.78 is 0. The fourth-order valence-corrected chi connectivity index (χ4v) is 5.00. The molecule has 2 aromatic heterocycles. The number of pyridine rings is 1. The molecular weight excluding hydrogens is 380 g/mol. The molecule has 0 spiro atoms. The number of hydrogen-bond acceptors (Lipinski definition) is 4. The number of nitrogens with zero attached hydrogens (tertiary/aromatic N) is 1. The van der Waals surface area contributed by atoms with E-state index in [1.807, 2.05) is 43.3 Å². The number of nitrogens with two attached hydrogens (primary N) is 1. The fourth-order valence-electron chi connectivity index (χ4n) is 3.85. The van der Waals surface area contributed by atoms with E-state index in [0.717, 1.165) is 61.6 Å². The second-order valence-corrected chi connectivity index (χ2v) is 8.69. The Kier molecular flexibility index (Phi) is 3.96. The number of hydrogen-bond donors (Lipinski definition) is 2. The number of aryl methyl sites for hydroxylation is 1. The summed E-state index contributed by atoms with van der Waals surface area (Å²) in [7, 11) is 0. The number of anilines is 1. The molecule has 5 rings (SSSR count). The van der Waals surface area contributed by atoms with Gasteiger partial charge in [-0.3, -0.25) is 4.79 Å². The molecule has 144 valence electrons. The number of fused-ring (bicyclic) bond motifs is 1. The summed E-state index contributed by atoms with van der Waals surface area (Å²) >= 11 is 1.62. The van der Waals surface area contributed by atoms with E-state index < -0.39 is 11.4 Å². The molecule has 0 amide bonds. The molecule has 0 bridgehead atoms. The zero-order valence-electron chi connectivity index (χ0n) is 16.0. The van der Waals surface area contributed by atoms with Gasteiger partial charge < -0.3 is 10.8 Å². The highest BCUT2D eigenvalue weighted by molar-refractivity contribution is 7.22. The first-order valence-corrected chi connectivity index (χ1v) is 10.4. The lowest BCUT2D eigenvalue weighted by molar-refractivity contribution is -0.140. The van der Waals surface area contributed by atoms with Crippen molar-refractivity contribution in [2.45, 2.75) is 25.2 Å². The van der Waals surface area contributed by atoms with Crippen molar-refractivity contribution in [1.29, 1.82) is 0 Å². The summed E-state index contributed by atoms with van der Waals surface area (Å²) in [6.45, 7) is 1.98. The van der Waals surface area contributed by atoms with Crippen molar-refractivity contribution in [1.82, 2.24) is 4.98 Å². The smallest absolute Gasteiger partial charge is 0.314 e. The van der Waals surface area contributed by atoms with Crippen LogP contribution < -0.4 is 5.73 Å². The number of carboxylic acid groups (broad SMARTS) is 1. The Morgan fingerprint density at radius 1 is 0.966 bits per heavy atom. The highest BCUT2D eigenvalue weighted by Crippen LogP contribution is 2.48. The van der Waals surface area contributed by atoms with E-state index in [-0.39, 0.29) is 0 Å². The third kappa shape index (κ3) is 2.89. The number of nitrogen functional groups attached to an aromatic ring is 1. The Hall–Kier alpha value is -3.18. The van der Waals surface area contributed by atoms with Crippen LogP contribution in [0.3, 0.4) is 0 Å². The molecule has 0 atom stereocenters. The lowest BCUT2D eigenvalue weighted by atomic mass is 9.93. The van der Waals surface area contributed by atoms with Gasteiger partial charge in [-0.25, -0.2) is 4.98 Å². The molecule has 1 aliphatic rings. The third-order valence-electron chi connectivity index (χ3n) is 5.81. The number of carboxylic acids is 1. The van der Waals surface area contributed by atoms with Crippen molar-refractivity contribution in [3.8, 4) is 21.6 Å². The highest BCUT2D eigenvalue weighted by Gasteiger charge is 2.51. The van der Waals surface area contributed by atoms with Gasteiger partial charge in [0.1, 0.15) is 4.83 Å². The fraction of sp³-hybridized carbons (Fsp3) is 0.167. The zero-order chi connectivity index (χ0) is 20.2. The maximum Gasteiger partial charge on any atom is 0.314 e. The van der Waals surface area contributed by atoms with Crippen LogP contribution in [0.15, 0.2) is 60.7 Å². The Labute approximate surface area is 172 Å². The van der Waals surface area contributed by atoms with E-state index in [4.69, 9.17) is 5.73 Å². The summed E-state index contributed by atoms with van der Waals surface area (Å²) in [5.41, 5.74) is 11.6. The molecule has 2 aromatic carbocycles. The number of thiophene rings is 1. The number of carbonyl (C=O) groups is 1. The predicted molar refractivity (Wildman–Crippen MR) is 118 cm³/mol. The second-order valence-electron chi connectivity index (χ2n) is 7.69. The van der Waals surface area contributed by atoms with E-state index >= 15 is 0 Å². The van der Waals surface area contributed by atoms with Crippen molar-refractivity contribution in [2.75, 3.05) is 5.73 Å². The molecule has 29 heavy (non-hydrogen) atoms. The van der Waals surface area contributed by atoms with E-state index in [2.05, 4.69) is 29.2 Å². The number of aromatic nitrogens is 1. The van der Waals surface area contributed by atoms with Crippen molar-refractivity contribution in [3.63, 3.8) is 0 Å². The Morgan fingerprint density at radius 2 is 1.55 bits per heavy atom. The molecule has 1 saturated carbocycles. The standard InChI is InChI=1S/C24H20N2O2S/c1-14-2-11-19-20(25)21(29-22(19)26-14)17-5-3-15(4-6-17)16-7-9-18(10-8-16)24(12-13-24)23(27)28/h2-11H,12-13,25H2,1H3,(H,27,28). The van der Waals surface area contributed by atoms with Gasteiger partial charge in [0, 0.05) is 11.1 Å². The van der Waals surface area contributed by atoms with Gasteiger partial charge in [0.05, 0.1) is 16.0 Å². The SMILES string of the molecule is Cc1ccc2c(N)c(-c3ccc(-c4ccc(C5(C(=O)O)CC5)cc4)cc3)sc2n1. The second kappa shape index (κ2) is 6.42. The monoisotopic (exact) mass is 400 g/mol. The summed E-state index contributed by atoms with van der Waals surface area (Å²) in [5.74, 6) is -0.722. The van der Waals surface area contributed by atoms with Crippen LogP contribution in [0.5, 0.6) is 0 Å². The summed E-state index contributed by atoms with van der Waals surface area (Å²) in [4.78, 5) is 18.1. The first-order chi connectivity index (χ1) is 14.0. The maximum absolute atomic E-state index is 11.5.